The van der Waals surface area contributed by atoms with Crippen molar-refractivity contribution in [2.75, 3.05) is 6.54 Å². The lowest BCUT2D eigenvalue weighted by Crippen LogP contribution is -2.48. The molecule has 1 saturated heterocycles. The van der Waals surface area contributed by atoms with Crippen LogP contribution in [-0.4, -0.2) is 39.2 Å². The molecule has 1 fully saturated rings. The summed E-state index contributed by atoms with van der Waals surface area (Å²) in [6.45, 7) is 4.21. The lowest BCUT2D eigenvalue weighted by Gasteiger charge is -2.29. The summed E-state index contributed by atoms with van der Waals surface area (Å²) in [6.07, 6.45) is 7.61. The van der Waals surface area contributed by atoms with Crippen molar-refractivity contribution in [2.45, 2.75) is 44.9 Å². The number of furan rings is 1. The maximum atomic E-state index is 12.4. The third-order valence-corrected chi connectivity index (χ3v) is 4.27. The Kier molecular flexibility index (Phi) is 4.58. The summed E-state index contributed by atoms with van der Waals surface area (Å²) in [6, 6.07) is 5.84. The van der Waals surface area contributed by atoms with Gasteiger partial charge in [0.1, 0.15) is 5.76 Å². The molecule has 1 amide bonds. The molecule has 0 bridgehead atoms. The van der Waals surface area contributed by atoms with Gasteiger partial charge in [-0.25, -0.2) is 0 Å². The van der Waals surface area contributed by atoms with Gasteiger partial charge in [-0.15, -0.1) is 0 Å². The number of amides is 1. The van der Waals surface area contributed by atoms with E-state index in [-0.39, 0.29) is 11.9 Å². The molecule has 6 nitrogen and oxygen atoms in total. The molecule has 3 heterocycles. The maximum Gasteiger partial charge on any atom is 0.237 e. The molecule has 0 saturated carbocycles. The van der Waals surface area contributed by atoms with Gasteiger partial charge >= 0.3 is 0 Å². The summed E-state index contributed by atoms with van der Waals surface area (Å²) >= 11 is 0. The molecule has 1 N–H and O–H groups in total. The highest BCUT2D eigenvalue weighted by atomic mass is 16.3. The summed E-state index contributed by atoms with van der Waals surface area (Å²) in [5.74, 6) is 0.818. The molecule has 2 atom stereocenters. The van der Waals surface area contributed by atoms with Crippen molar-refractivity contribution in [3.63, 3.8) is 0 Å². The van der Waals surface area contributed by atoms with Crippen LogP contribution in [0, 0.1) is 0 Å². The summed E-state index contributed by atoms with van der Waals surface area (Å²) in [7, 11) is 0. The molecule has 0 radical (unpaired) electrons. The number of rotatable bonds is 6. The SMILES string of the molecule is CC(C(=O)NCc1ccco1)N1CCCC1Cn1cccn1. The fraction of sp³-hybridized carbons (Fsp3) is 0.500. The van der Waals surface area contributed by atoms with Gasteiger partial charge in [0.05, 0.1) is 25.4 Å². The summed E-state index contributed by atoms with van der Waals surface area (Å²) in [5.41, 5.74) is 0. The first-order valence-electron chi connectivity index (χ1n) is 7.77. The van der Waals surface area contributed by atoms with E-state index >= 15 is 0 Å². The quantitative estimate of drug-likeness (QED) is 0.881. The van der Waals surface area contributed by atoms with Crippen molar-refractivity contribution in [2.24, 2.45) is 0 Å². The minimum Gasteiger partial charge on any atom is -0.467 e. The van der Waals surface area contributed by atoms with E-state index < -0.39 is 0 Å². The van der Waals surface area contributed by atoms with Crippen LogP contribution in [0.5, 0.6) is 0 Å². The number of hydrogen-bond acceptors (Lipinski definition) is 4. The van der Waals surface area contributed by atoms with E-state index in [1.54, 1.807) is 12.5 Å². The molecule has 2 unspecified atom stereocenters. The predicted octanol–water partition coefficient (Wildman–Crippen LogP) is 1.65. The topological polar surface area (TPSA) is 63.3 Å². The van der Waals surface area contributed by atoms with Crippen LogP contribution in [0.1, 0.15) is 25.5 Å². The third-order valence-electron chi connectivity index (χ3n) is 4.27. The van der Waals surface area contributed by atoms with Crippen LogP contribution in [-0.2, 0) is 17.9 Å². The van der Waals surface area contributed by atoms with Crippen LogP contribution < -0.4 is 5.32 Å². The zero-order valence-electron chi connectivity index (χ0n) is 12.8. The lowest BCUT2D eigenvalue weighted by atomic mass is 10.2. The van der Waals surface area contributed by atoms with Crippen LogP contribution in [0.2, 0.25) is 0 Å². The molecule has 3 rings (SSSR count). The van der Waals surface area contributed by atoms with Crippen molar-refractivity contribution >= 4 is 5.91 Å². The Morgan fingerprint density at radius 2 is 2.45 bits per heavy atom. The van der Waals surface area contributed by atoms with Crippen molar-refractivity contribution in [1.82, 2.24) is 20.0 Å². The van der Waals surface area contributed by atoms with Gasteiger partial charge in [0.25, 0.3) is 0 Å². The highest BCUT2D eigenvalue weighted by Crippen LogP contribution is 2.21. The highest BCUT2D eigenvalue weighted by Gasteiger charge is 2.32. The Bertz CT molecular complexity index is 579. The number of hydrogen-bond donors (Lipinski definition) is 1. The van der Waals surface area contributed by atoms with Gasteiger partial charge in [0, 0.05) is 18.4 Å². The Balaban J connectivity index is 1.55. The normalized spacial score (nSPS) is 20.1. The van der Waals surface area contributed by atoms with E-state index in [2.05, 4.69) is 15.3 Å². The van der Waals surface area contributed by atoms with Gasteiger partial charge in [-0.3, -0.25) is 14.4 Å². The van der Waals surface area contributed by atoms with E-state index in [0.717, 1.165) is 31.7 Å². The Morgan fingerprint density at radius 1 is 1.55 bits per heavy atom. The molecule has 0 spiro atoms. The molecule has 2 aromatic heterocycles. The van der Waals surface area contributed by atoms with Crippen molar-refractivity contribution in [3.8, 4) is 0 Å². The summed E-state index contributed by atoms with van der Waals surface area (Å²) in [5, 5.41) is 7.21. The van der Waals surface area contributed by atoms with E-state index in [1.807, 2.05) is 36.0 Å². The standard InChI is InChI=1S/C16H22N4O2/c1-13(16(21)17-11-15-6-3-10-22-15)20-9-2-5-14(20)12-19-8-4-7-18-19/h3-4,6-8,10,13-14H,2,5,9,11-12H2,1H3,(H,17,21). The summed E-state index contributed by atoms with van der Waals surface area (Å²) in [4.78, 5) is 14.6. The number of nitrogens with zero attached hydrogens (tertiary/aromatic N) is 3. The number of nitrogens with one attached hydrogen (secondary N) is 1. The van der Waals surface area contributed by atoms with E-state index in [1.165, 1.54) is 0 Å². The van der Waals surface area contributed by atoms with E-state index in [9.17, 15) is 4.79 Å². The molecule has 0 aromatic carbocycles. The largest absolute Gasteiger partial charge is 0.467 e. The molecule has 1 aliphatic heterocycles. The van der Waals surface area contributed by atoms with E-state index in [4.69, 9.17) is 4.42 Å². The second-order valence-corrected chi connectivity index (χ2v) is 5.74. The van der Waals surface area contributed by atoms with Crippen molar-refractivity contribution < 1.29 is 9.21 Å². The van der Waals surface area contributed by atoms with Gasteiger partial charge in [0.15, 0.2) is 0 Å². The van der Waals surface area contributed by atoms with Gasteiger partial charge < -0.3 is 9.73 Å². The lowest BCUT2D eigenvalue weighted by molar-refractivity contribution is -0.126. The Morgan fingerprint density at radius 3 is 3.18 bits per heavy atom. The van der Waals surface area contributed by atoms with Crippen LogP contribution in [0.25, 0.3) is 0 Å². The van der Waals surface area contributed by atoms with Crippen LogP contribution in [0.15, 0.2) is 41.3 Å². The number of carbonyl (C=O) groups is 1. The minimum atomic E-state index is -0.141. The second-order valence-electron chi connectivity index (χ2n) is 5.74. The Hall–Kier alpha value is -2.08. The highest BCUT2D eigenvalue weighted by molar-refractivity contribution is 5.81. The number of likely N-dealkylation sites (tertiary alicyclic amines) is 1. The van der Waals surface area contributed by atoms with E-state index in [0.29, 0.717) is 12.6 Å². The first-order valence-corrected chi connectivity index (χ1v) is 7.77. The molecule has 1 aliphatic rings. The molecule has 22 heavy (non-hydrogen) atoms. The van der Waals surface area contributed by atoms with Gasteiger partial charge in [-0.05, 0) is 44.5 Å². The second kappa shape index (κ2) is 6.79. The van der Waals surface area contributed by atoms with Crippen LogP contribution >= 0.6 is 0 Å². The van der Waals surface area contributed by atoms with Crippen LogP contribution in [0.4, 0.5) is 0 Å². The fourth-order valence-electron chi connectivity index (χ4n) is 3.07. The number of carbonyl (C=O) groups excluding carboxylic acids is 1. The van der Waals surface area contributed by atoms with Crippen molar-refractivity contribution in [1.29, 1.82) is 0 Å². The summed E-state index contributed by atoms with van der Waals surface area (Å²) < 4.78 is 7.18. The van der Waals surface area contributed by atoms with Gasteiger partial charge in [0.2, 0.25) is 5.91 Å². The third kappa shape index (κ3) is 3.39. The zero-order valence-corrected chi connectivity index (χ0v) is 12.8. The molecular weight excluding hydrogens is 280 g/mol. The van der Waals surface area contributed by atoms with Crippen LogP contribution in [0.3, 0.4) is 0 Å². The first kappa shape index (κ1) is 14.8. The average molecular weight is 302 g/mol. The number of aromatic nitrogens is 2. The maximum absolute atomic E-state index is 12.4. The molecule has 2 aromatic rings. The zero-order chi connectivity index (χ0) is 15.4. The Labute approximate surface area is 130 Å². The molecule has 118 valence electrons. The molecule has 6 heteroatoms. The monoisotopic (exact) mass is 302 g/mol. The molecule has 0 aliphatic carbocycles. The smallest absolute Gasteiger partial charge is 0.237 e. The van der Waals surface area contributed by atoms with Gasteiger partial charge in [-0.2, -0.15) is 5.10 Å². The average Bonchev–Trinajstić information content (AvgIpc) is 3.27. The molecular formula is C16H22N4O2. The fourth-order valence-corrected chi connectivity index (χ4v) is 3.07. The van der Waals surface area contributed by atoms with Crippen molar-refractivity contribution in [3.05, 3.63) is 42.6 Å². The minimum absolute atomic E-state index is 0.0452. The first-order chi connectivity index (χ1) is 10.7. The predicted molar refractivity (Wildman–Crippen MR) is 82.0 cm³/mol. The van der Waals surface area contributed by atoms with Gasteiger partial charge in [-0.1, -0.05) is 0 Å².